The number of rotatable bonds is 12. The lowest BCUT2D eigenvalue weighted by molar-refractivity contribution is -0.141. The molecule has 1 fully saturated rings. The first-order valence-corrected chi connectivity index (χ1v) is 8.76. The van der Waals surface area contributed by atoms with Crippen molar-refractivity contribution in [3.05, 3.63) is 12.2 Å². The number of allylic oxidation sites excluding steroid dienone is 1. The Morgan fingerprint density at radius 1 is 1.24 bits per heavy atom. The van der Waals surface area contributed by atoms with E-state index in [1.807, 2.05) is 6.08 Å². The van der Waals surface area contributed by atoms with Crippen molar-refractivity contribution < 1.29 is 14.6 Å². The molecule has 0 saturated carbocycles. The fraction of sp³-hybridized carbons (Fsp3) is 0.833. The third-order valence-corrected chi connectivity index (χ3v) is 4.08. The summed E-state index contributed by atoms with van der Waals surface area (Å²) in [4.78, 5) is 11.0. The molecular formula is C18H32O3. The number of hydrogen-bond donors (Lipinski definition) is 1. The van der Waals surface area contributed by atoms with Gasteiger partial charge in [0.15, 0.2) is 0 Å². The molecule has 2 atom stereocenters. The fourth-order valence-corrected chi connectivity index (χ4v) is 2.73. The van der Waals surface area contributed by atoms with Crippen LogP contribution >= 0.6 is 0 Å². The first kappa shape index (κ1) is 18.2. The van der Waals surface area contributed by atoms with Crippen molar-refractivity contribution >= 4 is 5.97 Å². The highest BCUT2D eigenvalue weighted by Crippen LogP contribution is 2.20. The van der Waals surface area contributed by atoms with Gasteiger partial charge in [-0.1, -0.05) is 51.2 Å². The molecule has 122 valence electrons. The van der Waals surface area contributed by atoms with Crippen molar-refractivity contribution in [3.63, 3.8) is 0 Å². The van der Waals surface area contributed by atoms with E-state index >= 15 is 0 Å². The summed E-state index contributed by atoms with van der Waals surface area (Å²) in [6.07, 6.45) is 16.7. The highest BCUT2D eigenvalue weighted by atomic mass is 16.5. The molecule has 0 aromatic rings. The Hall–Kier alpha value is -0.830. The van der Waals surface area contributed by atoms with Gasteiger partial charge in [-0.2, -0.15) is 0 Å². The van der Waals surface area contributed by atoms with E-state index in [4.69, 9.17) is 4.74 Å². The summed E-state index contributed by atoms with van der Waals surface area (Å²) in [7, 11) is 0. The number of aliphatic hydroxyl groups is 1. The van der Waals surface area contributed by atoms with Crippen molar-refractivity contribution in [1.29, 1.82) is 0 Å². The molecule has 0 amide bonds. The number of cyclic esters (lactones) is 1. The molecule has 1 saturated heterocycles. The smallest absolute Gasteiger partial charge is 0.306 e. The summed E-state index contributed by atoms with van der Waals surface area (Å²) in [6, 6.07) is 0. The van der Waals surface area contributed by atoms with E-state index < -0.39 is 0 Å². The average Bonchev–Trinajstić information content (AvgIpc) is 2.88. The molecule has 1 aliphatic rings. The van der Waals surface area contributed by atoms with Crippen LogP contribution in [0, 0.1) is 0 Å². The van der Waals surface area contributed by atoms with Crippen LogP contribution in [0.5, 0.6) is 0 Å². The van der Waals surface area contributed by atoms with Crippen LogP contribution < -0.4 is 0 Å². The lowest BCUT2D eigenvalue weighted by Crippen LogP contribution is -2.06. The van der Waals surface area contributed by atoms with Crippen LogP contribution in [0.3, 0.4) is 0 Å². The molecule has 3 nitrogen and oxygen atoms in total. The highest BCUT2D eigenvalue weighted by molar-refractivity contribution is 5.71. The van der Waals surface area contributed by atoms with Crippen LogP contribution in [0.4, 0.5) is 0 Å². The SMILES string of the molecule is CCCCC/C=C/C(O)CCCCCCC1CCC(=O)O1. The van der Waals surface area contributed by atoms with Crippen LogP contribution in [0.1, 0.15) is 84.0 Å². The minimum atomic E-state index is -0.276. The minimum Gasteiger partial charge on any atom is -0.462 e. The van der Waals surface area contributed by atoms with Gasteiger partial charge >= 0.3 is 5.97 Å². The Morgan fingerprint density at radius 3 is 2.76 bits per heavy atom. The highest BCUT2D eigenvalue weighted by Gasteiger charge is 2.22. The van der Waals surface area contributed by atoms with Gasteiger partial charge in [-0.05, 0) is 38.5 Å². The topological polar surface area (TPSA) is 46.5 Å². The van der Waals surface area contributed by atoms with E-state index in [0.29, 0.717) is 6.42 Å². The van der Waals surface area contributed by atoms with Crippen molar-refractivity contribution in [2.24, 2.45) is 0 Å². The number of carbonyl (C=O) groups is 1. The number of hydrogen-bond acceptors (Lipinski definition) is 3. The molecule has 0 spiro atoms. The zero-order valence-corrected chi connectivity index (χ0v) is 13.6. The summed E-state index contributed by atoms with van der Waals surface area (Å²) >= 11 is 0. The monoisotopic (exact) mass is 296 g/mol. The molecule has 1 aliphatic heterocycles. The molecule has 21 heavy (non-hydrogen) atoms. The van der Waals surface area contributed by atoms with Gasteiger partial charge in [0.1, 0.15) is 6.10 Å². The van der Waals surface area contributed by atoms with Crippen LogP contribution in [0.15, 0.2) is 12.2 Å². The van der Waals surface area contributed by atoms with Crippen molar-refractivity contribution in [1.82, 2.24) is 0 Å². The Morgan fingerprint density at radius 2 is 2.05 bits per heavy atom. The van der Waals surface area contributed by atoms with E-state index in [-0.39, 0.29) is 18.2 Å². The number of unbranched alkanes of at least 4 members (excludes halogenated alkanes) is 6. The fourth-order valence-electron chi connectivity index (χ4n) is 2.73. The van der Waals surface area contributed by atoms with Crippen LogP contribution in [0.25, 0.3) is 0 Å². The first-order chi connectivity index (χ1) is 10.2. The van der Waals surface area contributed by atoms with Crippen molar-refractivity contribution in [2.45, 2.75) is 96.2 Å². The number of ether oxygens (including phenoxy) is 1. The van der Waals surface area contributed by atoms with Gasteiger partial charge in [-0.3, -0.25) is 4.79 Å². The molecule has 0 aromatic heterocycles. The predicted octanol–water partition coefficient (Wildman–Crippen LogP) is 4.53. The maximum Gasteiger partial charge on any atom is 0.306 e. The second-order valence-corrected chi connectivity index (χ2v) is 6.13. The summed E-state index contributed by atoms with van der Waals surface area (Å²) < 4.78 is 5.19. The molecule has 0 aliphatic carbocycles. The Balaban J connectivity index is 1.87. The van der Waals surface area contributed by atoms with E-state index in [1.54, 1.807) is 0 Å². The third-order valence-electron chi connectivity index (χ3n) is 4.08. The molecule has 1 rings (SSSR count). The second kappa shape index (κ2) is 11.8. The quantitative estimate of drug-likeness (QED) is 0.327. The Labute approximate surface area is 129 Å². The average molecular weight is 296 g/mol. The molecule has 1 N–H and O–H groups in total. The normalized spacial score (nSPS) is 20.1. The van der Waals surface area contributed by atoms with Gasteiger partial charge in [0.05, 0.1) is 6.10 Å². The van der Waals surface area contributed by atoms with Gasteiger partial charge in [0.25, 0.3) is 0 Å². The molecule has 1 heterocycles. The molecule has 3 heteroatoms. The summed E-state index contributed by atoms with van der Waals surface area (Å²) in [5.74, 6) is -0.0335. The Bertz CT molecular complexity index is 299. The second-order valence-electron chi connectivity index (χ2n) is 6.13. The number of carbonyl (C=O) groups excluding carboxylic acids is 1. The number of aliphatic hydroxyl groups excluding tert-OH is 1. The largest absolute Gasteiger partial charge is 0.462 e. The standard InChI is InChI=1S/C18H32O3/c1-2-3-4-5-8-11-16(19)12-9-6-7-10-13-17-14-15-18(20)21-17/h8,11,16-17,19H,2-7,9-10,12-15H2,1H3/b11-8+. The maximum atomic E-state index is 11.0. The van der Waals surface area contributed by atoms with Crippen molar-refractivity contribution in [3.8, 4) is 0 Å². The van der Waals surface area contributed by atoms with Crippen LogP contribution in [-0.2, 0) is 9.53 Å². The van der Waals surface area contributed by atoms with Gasteiger partial charge in [0.2, 0.25) is 0 Å². The molecular weight excluding hydrogens is 264 g/mol. The maximum absolute atomic E-state index is 11.0. The summed E-state index contributed by atoms with van der Waals surface area (Å²) in [5, 5.41) is 9.82. The third kappa shape index (κ3) is 9.67. The van der Waals surface area contributed by atoms with E-state index in [1.165, 1.54) is 25.7 Å². The first-order valence-electron chi connectivity index (χ1n) is 8.76. The van der Waals surface area contributed by atoms with Gasteiger partial charge in [0, 0.05) is 6.42 Å². The molecule has 2 unspecified atom stereocenters. The molecule has 0 aromatic carbocycles. The van der Waals surface area contributed by atoms with E-state index in [2.05, 4.69) is 13.0 Å². The van der Waals surface area contributed by atoms with Gasteiger partial charge in [-0.25, -0.2) is 0 Å². The van der Waals surface area contributed by atoms with E-state index in [9.17, 15) is 9.90 Å². The van der Waals surface area contributed by atoms with Crippen LogP contribution in [-0.4, -0.2) is 23.3 Å². The minimum absolute atomic E-state index is 0.0335. The predicted molar refractivity (Wildman–Crippen MR) is 86.1 cm³/mol. The summed E-state index contributed by atoms with van der Waals surface area (Å²) in [5.41, 5.74) is 0. The van der Waals surface area contributed by atoms with Gasteiger partial charge in [-0.15, -0.1) is 0 Å². The summed E-state index contributed by atoms with van der Waals surface area (Å²) in [6.45, 7) is 2.20. The zero-order valence-electron chi connectivity index (χ0n) is 13.6. The number of esters is 1. The van der Waals surface area contributed by atoms with Crippen LogP contribution in [0.2, 0.25) is 0 Å². The molecule has 0 radical (unpaired) electrons. The Kier molecular flexibility index (Phi) is 10.2. The molecule has 0 bridgehead atoms. The zero-order chi connectivity index (χ0) is 15.3. The van der Waals surface area contributed by atoms with Gasteiger partial charge < -0.3 is 9.84 Å². The van der Waals surface area contributed by atoms with E-state index in [0.717, 1.165) is 44.9 Å². The lowest BCUT2D eigenvalue weighted by Gasteiger charge is -2.09. The lowest BCUT2D eigenvalue weighted by atomic mass is 10.0. The van der Waals surface area contributed by atoms with Crippen molar-refractivity contribution in [2.75, 3.05) is 0 Å².